The van der Waals surface area contributed by atoms with Gasteiger partial charge in [0, 0.05) is 6.08 Å². The first-order valence-corrected chi connectivity index (χ1v) is 15.3. The molecule has 0 aliphatic carbocycles. The van der Waals surface area contributed by atoms with Gasteiger partial charge in [-0.05, 0) is 98.5 Å². The SMILES string of the molecule is C=CC(=O)OCCCCOc1ccc(C(=O)Oc2ccc(OCOc3ccc(OCCCCCCCC)cc3)cc2C)cc1. The summed E-state index contributed by atoms with van der Waals surface area (Å²) in [6.07, 6.45) is 9.95. The lowest BCUT2D eigenvalue weighted by Gasteiger charge is -2.12. The Morgan fingerprint density at radius 2 is 1.18 bits per heavy atom. The van der Waals surface area contributed by atoms with Gasteiger partial charge >= 0.3 is 11.9 Å². The van der Waals surface area contributed by atoms with Crippen molar-refractivity contribution in [1.29, 1.82) is 0 Å². The Morgan fingerprint density at radius 1 is 0.659 bits per heavy atom. The van der Waals surface area contributed by atoms with Crippen LogP contribution < -0.4 is 23.7 Å². The van der Waals surface area contributed by atoms with Crippen LogP contribution in [0.4, 0.5) is 0 Å². The summed E-state index contributed by atoms with van der Waals surface area (Å²) in [5, 5.41) is 0. The summed E-state index contributed by atoms with van der Waals surface area (Å²) in [6, 6.07) is 19.5. The first kappa shape index (κ1) is 34.0. The van der Waals surface area contributed by atoms with E-state index in [1.807, 2.05) is 31.2 Å². The molecule has 0 aromatic heterocycles. The topological polar surface area (TPSA) is 89.5 Å². The number of hydrogen-bond acceptors (Lipinski definition) is 8. The molecule has 0 bridgehead atoms. The number of hydrogen-bond donors (Lipinski definition) is 0. The van der Waals surface area contributed by atoms with Crippen LogP contribution in [-0.4, -0.2) is 38.6 Å². The largest absolute Gasteiger partial charge is 0.494 e. The summed E-state index contributed by atoms with van der Waals surface area (Å²) >= 11 is 0. The van der Waals surface area contributed by atoms with Gasteiger partial charge in [0.1, 0.15) is 28.7 Å². The third-order valence-corrected chi connectivity index (χ3v) is 6.70. The first-order valence-electron chi connectivity index (χ1n) is 15.3. The van der Waals surface area contributed by atoms with E-state index in [4.69, 9.17) is 28.4 Å². The van der Waals surface area contributed by atoms with Crippen molar-refractivity contribution in [3.05, 3.63) is 90.5 Å². The predicted molar refractivity (Wildman–Crippen MR) is 170 cm³/mol. The normalized spacial score (nSPS) is 10.5. The lowest BCUT2D eigenvalue weighted by molar-refractivity contribution is -0.137. The lowest BCUT2D eigenvalue weighted by atomic mass is 10.1. The predicted octanol–water partition coefficient (Wildman–Crippen LogP) is 8.26. The van der Waals surface area contributed by atoms with Gasteiger partial charge in [0.05, 0.1) is 25.4 Å². The summed E-state index contributed by atoms with van der Waals surface area (Å²) in [4.78, 5) is 23.7. The molecule has 0 aliphatic heterocycles. The van der Waals surface area contributed by atoms with Gasteiger partial charge in [-0.25, -0.2) is 9.59 Å². The average Bonchev–Trinajstić information content (AvgIpc) is 3.04. The molecule has 8 nitrogen and oxygen atoms in total. The van der Waals surface area contributed by atoms with E-state index < -0.39 is 11.9 Å². The summed E-state index contributed by atoms with van der Waals surface area (Å²) in [7, 11) is 0. The zero-order chi connectivity index (χ0) is 31.4. The van der Waals surface area contributed by atoms with E-state index in [2.05, 4.69) is 13.5 Å². The molecule has 0 atom stereocenters. The Labute approximate surface area is 260 Å². The van der Waals surface area contributed by atoms with E-state index in [9.17, 15) is 9.59 Å². The van der Waals surface area contributed by atoms with Gasteiger partial charge in [0.2, 0.25) is 6.79 Å². The summed E-state index contributed by atoms with van der Waals surface area (Å²) in [6.45, 7) is 8.97. The zero-order valence-corrected chi connectivity index (χ0v) is 25.9. The van der Waals surface area contributed by atoms with Crippen molar-refractivity contribution >= 4 is 11.9 Å². The number of benzene rings is 3. The molecule has 3 rings (SSSR count). The quantitative estimate of drug-likeness (QED) is 0.0395. The van der Waals surface area contributed by atoms with E-state index in [0.717, 1.165) is 36.8 Å². The Hall–Kier alpha value is -4.46. The molecule has 0 N–H and O–H groups in total. The van der Waals surface area contributed by atoms with Crippen LogP contribution in [0.2, 0.25) is 0 Å². The van der Waals surface area contributed by atoms with Crippen LogP contribution in [0.25, 0.3) is 0 Å². The molecule has 0 fully saturated rings. The molecular formula is C36H44O8. The molecule has 0 aliphatic rings. The summed E-state index contributed by atoms with van der Waals surface area (Å²) in [5.74, 6) is 2.28. The highest BCUT2D eigenvalue weighted by molar-refractivity contribution is 5.91. The van der Waals surface area contributed by atoms with Crippen LogP contribution in [-0.2, 0) is 9.53 Å². The zero-order valence-electron chi connectivity index (χ0n) is 25.9. The maximum absolute atomic E-state index is 12.7. The fourth-order valence-corrected chi connectivity index (χ4v) is 4.17. The maximum Gasteiger partial charge on any atom is 0.343 e. The molecule has 0 radical (unpaired) electrons. The number of rotatable bonds is 21. The van der Waals surface area contributed by atoms with Gasteiger partial charge in [-0.3, -0.25) is 0 Å². The average molecular weight is 605 g/mol. The van der Waals surface area contributed by atoms with Crippen LogP contribution in [0.15, 0.2) is 79.4 Å². The minimum Gasteiger partial charge on any atom is -0.494 e. The molecule has 0 amide bonds. The van der Waals surface area contributed by atoms with Crippen molar-refractivity contribution in [1.82, 2.24) is 0 Å². The smallest absolute Gasteiger partial charge is 0.343 e. The fourth-order valence-electron chi connectivity index (χ4n) is 4.17. The molecule has 8 heteroatoms. The third-order valence-electron chi connectivity index (χ3n) is 6.70. The Kier molecular flexibility index (Phi) is 15.2. The number of esters is 2. The van der Waals surface area contributed by atoms with E-state index in [0.29, 0.717) is 48.2 Å². The van der Waals surface area contributed by atoms with E-state index in [1.165, 1.54) is 32.1 Å². The highest BCUT2D eigenvalue weighted by Gasteiger charge is 2.12. The van der Waals surface area contributed by atoms with E-state index in [1.54, 1.807) is 42.5 Å². The second-order valence-electron chi connectivity index (χ2n) is 10.3. The molecule has 0 spiro atoms. The minimum atomic E-state index is -0.472. The monoisotopic (exact) mass is 604 g/mol. The highest BCUT2D eigenvalue weighted by Crippen LogP contribution is 2.25. The molecule has 0 unspecified atom stereocenters. The number of unbranched alkanes of at least 4 members (excludes halogenated alkanes) is 6. The van der Waals surface area contributed by atoms with E-state index in [-0.39, 0.29) is 6.79 Å². The molecule has 0 saturated carbocycles. The first-order chi connectivity index (χ1) is 21.5. The van der Waals surface area contributed by atoms with Crippen molar-refractivity contribution in [2.75, 3.05) is 26.6 Å². The van der Waals surface area contributed by atoms with Crippen LogP contribution in [0.3, 0.4) is 0 Å². The van der Waals surface area contributed by atoms with Crippen LogP contribution in [0, 0.1) is 6.92 Å². The molecule has 3 aromatic carbocycles. The molecule has 3 aromatic rings. The molecular weight excluding hydrogens is 560 g/mol. The van der Waals surface area contributed by atoms with Crippen molar-refractivity contribution in [3.63, 3.8) is 0 Å². The van der Waals surface area contributed by atoms with E-state index >= 15 is 0 Å². The molecule has 0 saturated heterocycles. The van der Waals surface area contributed by atoms with Crippen molar-refractivity contribution in [2.24, 2.45) is 0 Å². The van der Waals surface area contributed by atoms with Gasteiger partial charge < -0.3 is 28.4 Å². The minimum absolute atomic E-state index is 0.0354. The highest BCUT2D eigenvalue weighted by atomic mass is 16.7. The number of aryl methyl sites for hydroxylation is 1. The standard InChI is InChI=1S/C36H44O8/c1-4-6-7-8-9-10-23-39-31-17-19-32(20-18-31)42-27-43-33-21-22-34(28(3)26-33)44-36(38)29-13-15-30(16-14-29)40-24-11-12-25-41-35(37)5-2/h5,13-22,26H,2,4,6-12,23-25,27H2,1,3H3. The molecule has 236 valence electrons. The summed E-state index contributed by atoms with van der Waals surface area (Å²) in [5.41, 5.74) is 1.15. The number of carbonyl (C=O) groups is 2. The van der Waals surface area contributed by atoms with Crippen LogP contribution in [0.5, 0.6) is 28.7 Å². The molecule has 0 heterocycles. The lowest BCUT2D eigenvalue weighted by Crippen LogP contribution is -2.10. The third kappa shape index (κ3) is 12.8. The fraction of sp³-hybridized carbons (Fsp3) is 0.389. The summed E-state index contributed by atoms with van der Waals surface area (Å²) < 4.78 is 33.5. The van der Waals surface area contributed by atoms with Crippen LogP contribution in [0.1, 0.15) is 74.2 Å². The number of carbonyl (C=O) groups excluding carboxylic acids is 2. The van der Waals surface area contributed by atoms with Gasteiger partial charge in [-0.2, -0.15) is 0 Å². The van der Waals surface area contributed by atoms with Gasteiger partial charge in [0.15, 0.2) is 0 Å². The van der Waals surface area contributed by atoms with Crippen molar-refractivity contribution in [2.45, 2.75) is 65.2 Å². The maximum atomic E-state index is 12.7. The molecule has 44 heavy (non-hydrogen) atoms. The van der Waals surface area contributed by atoms with Gasteiger partial charge in [0.25, 0.3) is 0 Å². The Balaban J connectivity index is 1.34. The van der Waals surface area contributed by atoms with Gasteiger partial charge in [-0.1, -0.05) is 45.6 Å². The van der Waals surface area contributed by atoms with Gasteiger partial charge in [-0.15, -0.1) is 0 Å². The second-order valence-corrected chi connectivity index (χ2v) is 10.3. The Morgan fingerprint density at radius 3 is 1.82 bits per heavy atom. The van der Waals surface area contributed by atoms with Crippen LogP contribution >= 0.6 is 0 Å². The number of ether oxygens (including phenoxy) is 6. The second kappa shape index (κ2) is 19.7. The van der Waals surface area contributed by atoms with Crippen molar-refractivity contribution in [3.8, 4) is 28.7 Å². The van der Waals surface area contributed by atoms with Crippen molar-refractivity contribution < 1.29 is 38.0 Å². The Bertz CT molecular complexity index is 1280.